The molecule has 0 heterocycles. The Morgan fingerprint density at radius 2 is 2.05 bits per heavy atom. The summed E-state index contributed by atoms with van der Waals surface area (Å²) in [7, 11) is 0. The van der Waals surface area contributed by atoms with Crippen molar-refractivity contribution in [3.63, 3.8) is 0 Å². The van der Waals surface area contributed by atoms with Gasteiger partial charge in [0.15, 0.2) is 5.96 Å². The van der Waals surface area contributed by atoms with Gasteiger partial charge in [-0.3, -0.25) is 4.99 Å². The molecule has 1 saturated carbocycles. The van der Waals surface area contributed by atoms with Crippen LogP contribution in [0.3, 0.4) is 0 Å². The van der Waals surface area contributed by atoms with Gasteiger partial charge >= 0.3 is 0 Å². The maximum absolute atomic E-state index is 4.64. The number of hydrogen-bond donors (Lipinski definition) is 2. The van der Waals surface area contributed by atoms with Gasteiger partial charge in [-0.05, 0) is 37.3 Å². The van der Waals surface area contributed by atoms with Gasteiger partial charge in [0, 0.05) is 25.0 Å². The van der Waals surface area contributed by atoms with E-state index < -0.39 is 0 Å². The molecule has 118 valence electrons. The fraction of sp³-hybridized carbons (Fsp3) is 0.588. The zero-order valence-corrected chi connectivity index (χ0v) is 15.8. The van der Waals surface area contributed by atoms with E-state index >= 15 is 0 Å². The van der Waals surface area contributed by atoms with Gasteiger partial charge in [-0.1, -0.05) is 38.1 Å². The Morgan fingerprint density at radius 1 is 1.33 bits per heavy atom. The van der Waals surface area contributed by atoms with E-state index in [4.69, 9.17) is 0 Å². The van der Waals surface area contributed by atoms with E-state index in [1.54, 1.807) is 0 Å². The zero-order valence-electron chi connectivity index (χ0n) is 13.5. The van der Waals surface area contributed by atoms with Gasteiger partial charge < -0.3 is 10.6 Å². The number of nitrogens with zero attached hydrogens (tertiary/aromatic N) is 1. The van der Waals surface area contributed by atoms with Crippen LogP contribution in [-0.4, -0.2) is 25.1 Å². The van der Waals surface area contributed by atoms with Gasteiger partial charge in [-0.2, -0.15) is 0 Å². The predicted octanol–water partition coefficient (Wildman–Crippen LogP) is 3.68. The van der Waals surface area contributed by atoms with Crippen LogP contribution in [0.15, 0.2) is 29.3 Å². The Bertz CT molecular complexity index is 471. The average Bonchev–Trinajstić information content (AvgIpc) is 3.16. The van der Waals surface area contributed by atoms with Crippen LogP contribution in [0.1, 0.15) is 44.2 Å². The van der Waals surface area contributed by atoms with Crippen molar-refractivity contribution >= 4 is 29.9 Å². The second-order valence-corrected chi connectivity index (χ2v) is 6.06. The number of hydrogen-bond acceptors (Lipinski definition) is 1. The van der Waals surface area contributed by atoms with Crippen LogP contribution in [0, 0.1) is 12.8 Å². The van der Waals surface area contributed by atoms with Gasteiger partial charge in [0.25, 0.3) is 0 Å². The highest BCUT2D eigenvalue weighted by molar-refractivity contribution is 14.0. The van der Waals surface area contributed by atoms with Crippen LogP contribution >= 0.6 is 24.0 Å². The number of rotatable bonds is 5. The molecule has 1 aliphatic rings. The molecule has 2 unspecified atom stereocenters. The third-order valence-corrected chi connectivity index (χ3v) is 3.66. The van der Waals surface area contributed by atoms with E-state index in [9.17, 15) is 0 Å². The molecule has 1 aromatic rings. The molecule has 0 amide bonds. The molecule has 0 aromatic heterocycles. The Kier molecular flexibility index (Phi) is 7.49. The first-order valence-electron chi connectivity index (χ1n) is 7.72. The molecular weight excluding hydrogens is 373 g/mol. The SMILES string of the molecule is CCNC(=NCC(C)C)NC1CC1c1ccccc1C.I. The van der Waals surface area contributed by atoms with Gasteiger partial charge in [0.1, 0.15) is 0 Å². The largest absolute Gasteiger partial charge is 0.357 e. The second-order valence-electron chi connectivity index (χ2n) is 6.06. The van der Waals surface area contributed by atoms with Crippen molar-refractivity contribution in [3.05, 3.63) is 35.4 Å². The van der Waals surface area contributed by atoms with E-state index in [2.05, 4.69) is 67.6 Å². The highest BCUT2D eigenvalue weighted by atomic mass is 127. The van der Waals surface area contributed by atoms with Crippen LogP contribution in [0.5, 0.6) is 0 Å². The lowest BCUT2D eigenvalue weighted by Crippen LogP contribution is -2.39. The van der Waals surface area contributed by atoms with Crippen LogP contribution in [0.25, 0.3) is 0 Å². The Balaban J connectivity index is 0.00000220. The normalized spacial score (nSPS) is 20.9. The monoisotopic (exact) mass is 401 g/mol. The number of halogens is 1. The summed E-state index contributed by atoms with van der Waals surface area (Å²) >= 11 is 0. The Hall–Kier alpha value is -0.780. The minimum Gasteiger partial charge on any atom is -0.357 e. The van der Waals surface area contributed by atoms with Crippen molar-refractivity contribution in [1.82, 2.24) is 10.6 Å². The van der Waals surface area contributed by atoms with Gasteiger partial charge in [0.05, 0.1) is 0 Å². The summed E-state index contributed by atoms with van der Waals surface area (Å²) in [6.07, 6.45) is 1.21. The summed E-state index contributed by atoms with van der Waals surface area (Å²) in [5.74, 6) is 2.19. The molecule has 2 N–H and O–H groups in total. The summed E-state index contributed by atoms with van der Waals surface area (Å²) in [4.78, 5) is 4.64. The Morgan fingerprint density at radius 3 is 2.67 bits per heavy atom. The minimum atomic E-state index is 0. The number of benzene rings is 1. The van der Waals surface area contributed by atoms with E-state index in [0.29, 0.717) is 17.9 Å². The van der Waals surface area contributed by atoms with Crippen LogP contribution < -0.4 is 10.6 Å². The molecular formula is C17H28IN3. The molecule has 1 aliphatic carbocycles. The van der Waals surface area contributed by atoms with Crippen LogP contribution in [-0.2, 0) is 0 Å². The average molecular weight is 401 g/mol. The maximum atomic E-state index is 4.64. The second kappa shape index (κ2) is 8.61. The van der Waals surface area contributed by atoms with E-state index in [-0.39, 0.29) is 24.0 Å². The lowest BCUT2D eigenvalue weighted by atomic mass is 10.0. The summed E-state index contributed by atoms with van der Waals surface area (Å²) in [5.41, 5.74) is 2.87. The summed E-state index contributed by atoms with van der Waals surface area (Å²) < 4.78 is 0. The first kappa shape index (κ1) is 18.3. The molecule has 21 heavy (non-hydrogen) atoms. The lowest BCUT2D eigenvalue weighted by Gasteiger charge is -2.12. The molecule has 0 aliphatic heterocycles. The third-order valence-electron chi connectivity index (χ3n) is 3.66. The fourth-order valence-electron chi connectivity index (χ4n) is 2.47. The van der Waals surface area contributed by atoms with E-state index in [1.807, 2.05) is 0 Å². The minimum absolute atomic E-state index is 0. The van der Waals surface area contributed by atoms with Crippen LogP contribution in [0.2, 0.25) is 0 Å². The van der Waals surface area contributed by atoms with E-state index in [1.165, 1.54) is 17.5 Å². The van der Waals surface area contributed by atoms with Crippen molar-refractivity contribution in [2.45, 2.75) is 46.1 Å². The summed E-state index contributed by atoms with van der Waals surface area (Å²) in [6.45, 7) is 10.5. The highest BCUT2D eigenvalue weighted by Gasteiger charge is 2.39. The number of aryl methyl sites for hydroxylation is 1. The van der Waals surface area contributed by atoms with Crippen molar-refractivity contribution in [2.24, 2.45) is 10.9 Å². The van der Waals surface area contributed by atoms with Crippen molar-refractivity contribution < 1.29 is 0 Å². The summed E-state index contributed by atoms with van der Waals surface area (Å²) in [6, 6.07) is 9.22. The number of nitrogens with one attached hydrogen (secondary N) is 2. The summed E-state index contributed by atoms with van der Waals surface area (Å²) in [5, 5.41) is 6.90. The fourth-order valence-corrected chi connectivity index (χ4v) is 2.47. The van der Waals surface area contributed by atoms with Gasteiger partial charge in [0.2, 0.25) is 0 Å². The maximum Gasteiger partial charge on any atom is 0.191 e. The lowest BCUT2D eigenvalue weighted by molar-refractivity contribution is 0.655. The van der Waals surface area contributed by atoms with Crippen molar-refractivity contribution in [3.8, 4) is 0 Å². The van der Waals surface area contributed by atoms with Crippen molar-refractivity contribution in [2.75, 3.05) is 13.1 Å². The van der Waals surface area contributed by atoms with Gasteiger partial charge in [-0.25, -0.2) is 0 Å². The standard InChI is InChI=1S/C17H27N3.HI/c1-5-18-17(19-11-12(2)3)20-16-10-15(16)14-9-7-6-8-13(14)4;/h6-9,12,15-16H,5,10-11H2,1-4H3,(H2,18,19,20);1H. The molecule has 0 radical (unpaired) electrons. The van der Waals surface area contributed by atoms with Crippen molar-refractivity contribution in [1.29, 1.82) is 0 Å². The first-order valence-corrected chi connectivity index (χ1v) is 7.72. The van der Waals surface area contributed by atoms with Crippen LogP contribution in [0.4, 0.5) is 0 Å². The number of guanidine groups is 1. The third kappa shape index (κ3) is 5.49. The zero-order chi connectivity index (χ0) is 14.5. The van der Waals surface area contributed by atoms with E-state index in [0.717, 1.165) is 19.0 Å². The molecule has 1 aromatic carbocycles. The number of aliphatic imine (C=N–C) groups is 1. The Labute approximate surface area is 146 Å². The molecule has 0 bridgehead atoms. The molecule has 2 atom stereocenters. The molecule has 0 spiro atoms. The first-order chi connectivity index (χ1) is 9.61. The molecule has 0 saturated heterocycles. The molecule has 2 rings (SSSR count). The quantitative estimate of drug-likeness (QED) is 0.449. The predicted molar refractivity (Wildman–Crippen MR) is 102 cm³/mol. The molecule has 3 nitrogen and oxygen atoms in total. The van der Waals surface area contributed by atoms with Gasteiger partial charge in [-0.15, -0.1) is 24.0 Å². The molecule has 4 heteroatoms. The smallest absolute Gasteiger partial charge is 0.191 e. The highest BCUT2D eigenvalue weighted by Crippen LogP contribution is 2.41. The molecule has 1 fully saturated rings. The topological polar surface area (TPSA) is 36.4 Å².